The van der Waals surface area contributed by atoms with Crippen molar-refractivity contribution < 1.29 is 0 Å². The highest BCUT2D eigenvalue weighted by atomic mass is 31.2. The largest absolute Gasteiger partial charge is 0.240 e. The van der Waals surface area contributed by atoms with E-state index in [0.717, 1.165) is 6.54 Å². The second-order valence-electron chi connectivity index (χ2n) is 18.0. The van der Waals surface area contributed by atoms with Gasteiger partial charge in [-0.25, -0.2) is 4.44 Å². The summed E-state index contributed by atoms with van der Waals surface area (Å²) in [4.78, 5) is 0. The lowest BCUT2D eigenvalue weighted by molar-refractivity contribution is 0.717. The first kappa shape index (κ1) is 49.4. The van der Waals surface area contributed by atoms with Crippen LogP contribution in [0, 0.1) is 6.92 Å². The Labute approximate surface area is 379 Å². The van der Waals surface area contributed by atoms with E-state index in [1.54, 1.807) is 10.4 Å². The maximum absolute atomic E-state index is 2.98. The van der Waals surface area contributed by atoms with Crippen molar-refractivity contribution in [1.29, 1.82) is 0 Å². The average molecular weight is 886 g/mol. The molecule has 61 heavy (non-hydrogen) atoms. The van der Waals surface area contributed by atoms with Gasteiger partial charge < -0.3 is 0 Å². The number of hydrogen-bond acceptors (Lipinski definition) is 1. The fourth-order valence-electron chi connectivity index (χ4n) is 9.78. The number of nitrogens with zero attached hydrogens (tertiary/aromatic N) is 1. The molecular formula is C56H81NP2Si2. The minimum atomic E-state index is -1.65. The second kappa shape index (κ2) is 26.2. The van der Waals surface area contributed by atoms with Crippen molar-refractivity contribution in [2.45, 2.75) is 168 Å². The van der Waals surface area contributed by atoms with E-state index in [1.165, 1.54) is 146 Å². The van der Waals surface area contributed by atoms with E-state index in [0.29, 0.717) is 0 Å². The number of rotatable bonds is 28. The van der Waals surface area contributed by atoms with Crippen LogP contribution in [-0.4, -0.2) is 20.6 Å². The van der Waals surface area contributed by atoms with Gasteiger partial charge in [-0.05, 0) is 39.3 Å². The summed E-state index contributed by atoms with van der Waals surface area (Å²) >= 11 is 0. The Hall–Kier alpha value is -2.65. The van der Waals surface area contributed by atoms with Crippen LogP contribution in [0.5, 0.6) is 0 Å². The molecular weight excluding hydrogens is 805 g/mol. The SMILES string of the molecule is CCCC[Si](CCCC)(CCCC)c1ccc(P(c2ccc([Si](CCCC)(CCCC)CCCC)cc2)N(Cc2ccccc2)P(c2ccccc2)c2ccccc2C)cc1. The molecule has 0 radical (unpaired) electrons. The van der Waals surface area contributed by atoms with Crippen molar-refractivity contribution in [3.05, 3.63) is 145 Å². The highest BCUT2D eigenvalue weighted by molar-refractivity contribution is 7.84. The van der Waals surface area contributed by atoms with Gasteiger partial charge in [-0.15, -0.1) is 0 Å². The summed E-state index contributed by atoms with van der Waals surface area (Å²) in [5.74, 6) is 0. The van der Waals surface area contributed by atoms with Crippen LogP contribution in [0.1, 0.15) is 130 Å². The van der Waals surface area contributed by atoms with Crippen LogP contribution >= 0.6 is 16.1 Å². The fraction of sp³-hybridized carbons (Fsp3) is 0.464. The van der Waals surface area contributed by atoms with Crippen LogP contribution in [0.2, 0.25) is 36.3 Å². The van der Waals surface area contributed by atoms with Crippen LogP contribution in [0.25, 0.3) is 0 Å². The van der Waals surface area contributed by atoms with Crippen molar-refractivity contribution >= 4 is 63.9 Å². The third-order valence-corrected chi connectivity index (χ3v) is 30.1. The summed E-state index contributed by atoms with van der Waals surface area (Å²) in [6.07, 6.45) is 15.9. The quantitative estimate of drug-likeness (QED) is 0.0357. The normalized spacial score (nSPS) is 12.7. The van der Waals surface area contributed by atoms with Crippen molar-refractivity contribution in [1.82, 2.24) is 4.44 Å². The topological polar surface area (TPSA) is 3.24 Å². The van der Waals surface area contributed by atoms with Crippen molar-refractivity contribution in [2.24, 2.45) is 0 Å². The van der Waals surface area contributed by atoms with Gasteiger partial charge in [0, 0.05) is 22.7 Å². The predicted octanol–water partition coefficient (Wildman–Crippen LogP) is 15.0. The molecule has 5 heteroatoms. The lowest BCUT2D eigenvalue weighted by Crippen LogP contribution is -2.48. The number of hydrogen-bond donors (Lipinski definition) is 0. The molecule has 5 aromatic carbocycles. The van der Waals surface area contributed by atoms with Crippen LogP contribution in [-0.2, 0) is 6.54 Å². The molecule has 0 N–H and O–H groups in total. The fourth-order valence-corrected chi connectivity index (χ4v) is 27.1. The van der Waals surface area contributed by atoms with E-state index in [2.05, 4.69) is 186 Å². The number of aryl methyl sites for hydroxylation is 1. The molecule has 5 rings (SSSR count). The summed E-state index contributed by atoms with van der Waals surface area (Å²) in [5, 5.41) is 9.32. The smallest absolute Gasteiger partial charge is 0.0867 e. The summed E-state index contributed by atoms with van der Waals surface area (Å²) in [6, 6.07) is 61.8. The number of benzene rings is 5. The highest BCUT2D eigenvalue weighted by Crippen LogP contribution is 2.56. The second-order valence-corrected chi connectivity index (χ2v) is 31.9. The van der Waals surface area contributed by atoms with E-state index in [1.807, 2.05) is 0 Å². The molecule has 0 fully saturated rings. The van der Waals surface area contributed by atoms with Crippen molar-refractivity contribution in [3.63, 3.8) is 0 Å². The van der Waals surface area contributed by atoms with E-state index in [-0.39, 0.29) is 0 Å². The molecule has 1 unspecified atom stereocenters. The maximum Gasteiger partial charge on any atom is 0.0867 e. The Bertz CT molecular complexity index is 1810. The van der Waals surface area contributed by atoms with Gasteiger partial charge in [0.2, 0.25) is 0 Å². The Morgan fingerprint density at radius 3 is 1.10 bits per heavy atom. The van der Waals surface area contributed by atoms with Gasteiger partial charge >= 0.3 is 0 Å². The Kier molecular flexibility index (Phi) is 21.2. The van der Waals surface area contributed by atoms with Crippen LogP contribution in [0.3, 0.4) is 0 Å². The molecule has 0 amide bonds. The highest BCUT2D eigenvalue weighted by Gasteiger charge is 2.37. The summed E-state index contributed by atoms with van der Waals surface area (Å²) in [7, 11) is -5.09. The first-order valence-electron chi connectivity index (χ1n) is 24.6. The number of unbranched alkanes of at least 4 members (excludes halogenated alkanes) is 6. The van der Waals surface area contributed by atoms with Gasteiger partial charge in [-0.3, -0.25) is 0 Å². The van der Waals surface area contributed by atoms with E-state index < -0.39 is 32.3 Å². The van der Waals surface area contributed by atoms with Gasteiger partial charge in [0.25, 0.3) is 0 Å². The minimum Gasteiger partial charge on any atom is -0.240 e. The molecule has 5 aromatic rings. The zero-order valence-electron chi connectivity index (χ0n) is 39.5. The van der Waals surface area contributed by atoms with Gasteiger partial charge in [0.15, 0.2) is 0 Å². The Morgan fingerprint density at radius 1 is 0.377 bits per heavy atom. The zero-order valence-corrected chi connectivity index (χ0v) is 43.3. The maximum atomic E-state index is 2.98. The molecule has 0 spiro atoms. The van der Waals surface area contributed by atoms with Gasteiger partial charge in [0.05, 0.1) is 16.1 Å². The van der Waals surface area contributed by atoms with Crippen LogP contribution in [0.15, 0.2) is 133 Å². The summed E-state index contributed by atoms with van der Waals surface area (Å²) in [5.41, 5.74) is 2.77. The third-order valence-electron chi connectivity index (χ3n) is 13.5. The standard InChI is InChI=1S/C56H81NP2Si2/c1-8-14-42-60(43-15-9-2,44-16-10-3)54-38-34-52(35-39-54)58(53-36-40-55(41-37-53)61(45-17-11-4,46-18-12-5)47-19-13-6)57(48-50-29-22-20-23-30-50)59(51-31-24-21-25-32-51)56-33-27-26-28-49(56)7/h20-41H,8-19,42-48H2,1-7H3. The molecule has 1 nitrogen and oxygen atoms in total. The summed E-state index contributed by atoms with van der Waals surface area (Å²) < 4.78 is 2.98. The van der Waals surface area contributed by atoms with Crippen LogP contribution < -0.4 is 31.6 Å². The molecule has 1 atom stereocenters. The molecule has 0 aliphatic carbocycles. The van der Waals surface area contributed by atoms with Gasteiger partial charge in [0.1, 0.15) is 0 Å². The molecule has 0 aliphatic rings. The molecule has 0 saturated carbocycles. The van der Waals surface area contributed by atoms with Crippen molar-refractivity contribution in [3.8, 4) is 0 Å². The molecule has 0 saturated heterocycles. The Morgan fingerprint density at radius 2 is 0.721 bits per heavy atom. The van der Waals surface area contributed by atoms with Gasteiger partial charge in [-0.2, -0.15) is 0 Å². The lowest BCUT2D eigenvalue weighted by atomic mass is 10.2. The predicted molar refractivity (Wildman–Crippen MR) is 284 cm³/mol. The minimum absolute atomic E-state index is 0.875. The van der Waals surface area contributed by atoms with Crippen molar-refractivity contribution in [2.75, 3.05) is 0 Å². The summed E-state index contributed by atoms with van der Waals surface area (Å²) in [6.45, 7) is 17.6. The molecule has 0 heterocycles. The van der Waals surface area contributed by atoms with E-state index >= 15 is 0 Å². The zero-order chi connectivity index (χ0) is 43.3. The molecule has 0 aliphatic heterocycles. The van der Waals surface area contributed by atoms with Crippen LogP contribution in [0.4, 0.5) is 0 Å². The monoisotopic (exact) mass is 886 g/mol. The van der Waals surface area contributed by atoms with E-state index in [4.69, 9.17) is 0 Å². The first-order chi connectivity index (χ1) is 29.9. The Balaban J connectivity index is 1.76. The lowest BCUT2D eigenvalue weighted by Gasteiger charge is -2.40. The molecule has 328 valence electrons. The average Bonchev–Trinajstić information content (AvgIpc) is 3.31. The third kappa shape index (κ3) is 13.4. The van der Waals surface area contributed by atoms with Gasteiger partial charge in [-0.1, -0.05) is 299 Å². The molecule has 0 aromatic heterocycles. The molecule has 0 bridgehead atoms. The van der Waals surface area contributed by atoms with E-state index in [9.17, 15) is 0 Å². The first-order valence-corrected chi connectivity index (χ1v) is 32.5.